The van der Waals surface area contributed by atoms with Gasteiger partial charge in [-0.1, -0.05) is 24.3 Å². The molecule has 0 bridgehead atoms. The molecule has 0 heterocycles. The van der Waals surface area contributed by atoms with E-state index in [1.54, 1.807) is 7.11 Å². The van der Waals surface area contributed by atoms with Crippen LogP contribution in [0.5, 0.6) is 5.75 Å². The molecule has 0 saturated heterocycles. The Morgan fingerprint density at radius 3 is 2.37 bits per heavy atom. The molecular formula is C21H28N4O2. The van der Waals surface area contributed by atoms with Crippen LogP contribution in [0.15, 0.2) is 53.5 Å². The van der Waals surface area contributed by atoms with Crippen LogP contribution < -0.4 is 20.7 Å². The first kappa shape index (κ1) is 20.3. The predicted molar refractivity (Wildman–Crippen MR) is 109 cm³/mol. The monoisotopic (exact) mass is 368 g/mol. The minimum Gasteiger partial charge on any atom is -0.497 e. The van der Waals surface area contributed by atoms with Gasteiger partial charge in [0.15, 0.2) is 5.96 Å². The number of methoxy groups -OCH3 is 1. The van der Waals surface area contributed by atoms with Gasteiger partial charge in [0.2, 0.25) is 0 Å². The zero-order valence-electron chi connectivity index (χ0n) is 16.2. The number of guanidine groups is 1. The number of carbonyl (C=O) groups excluding carboxylic acids is 1. The molecule has 0 unspecified atom stereocenters. The lowest BCUT2D eigenvalue weighted by atomic mass is 10.1. The van der Waals surface area contributed by atoms with Crippen LogP contribution in [-0.2, 0) is 13.1 Å². The standard InChI is InChI=1S/C21H28N4O2/c1-4-22-20(26)18-11-9-16(10-12-18)14-24-21(23-5-2)25-15-17-7-6-8-19(13-17)27-3/h6-13H,4-5,14-15H2,1-3H3,(H,22,26)(H2,23,24,25). The molecule has 0 fully saturated rings. The van der Waals surface area contributed by atoms with E-state index in [0.717, 1.165) is 29.4 Å². The van der Waals surface area contributed by atoms with Gasteiger partial charge in [-0.3, -0.25) is 4.79 Å². The van der Waals surface area contributed by atoms with Gasteiger partial charge >= 0.3 is 0 Å². The number of benzene rings is 2. The van der Waals surface area contributed by atoms with E-state index < -0.39 is 0 Å². The molecule has 27 heavy (non-hydrogen) atoms. The van der Waals surface area contributed by atoms with E-state index in [-0.39, 0.29) is 5.91 Å². The van der Waals surface area contributed by atoms with Crippen molar-refractivity contribution in [2.45, 2.75) is 26.9 Å². The van der Waals surface area contributed by atoms with Crippen molar-refractivity contribution in [1.29, 1.82) is 0 Å². The normalized spacial score (nSPS) is 11.0. The highest BCUT2D eigenvalue weighted by Crippen LogP contribution is 2.13. The minimum atomic E-state index is -0.0507. The van der Waals surface area contributed by atoms with E-state index >= 15 is 0 Å². The van der Waals surface area contributed by atoms with Gasteiger partial charge in [0, 0.05) is 25.2 Å². The van der Waals surface area contributed by atoms with Gasteiger partial charge in [0.25, 0.3) is 5.91 Å². The smallest absolute Gasteiger partial charge is 0.251 e. The fraction of sp³-hybridized carbons (Fsp3) is 0.333. The Hall–Kier alpha value is -3.02. The maximum absolute atomic E-state index is 11.8. The number of amides is 1. The lowest BCUT2D eigenvalue weighted by Gasteiger charge is -2.12. The first-order valence-corrected chi connectivity index (χ1v) is 9.18. The zero-order chi connectivity index (χ0) is 19.5. The van der Waals surface area contributed by atoms with E-state index in [4.69, 9.17) is 4.74 Å². The van der Waals surface area contributed by atoms with Gasteiger partial charge in [-0.05, 0) is 49.2 Å². The summed E-state index contributed by atoms with van der Waals surface area (Å²) in [7, 11) is 1.66. The molecule has 144 valence electrons. The number of ether oxygens (including phenoxy) is 1. The third-order valence-electron chi connectivity index (χ3n) is 3.91. The molecule has 1 amide bonds. The Morgan fingerprint density at radius 1 is 0.963 bits per heavy atom. The number of hydrogen-bond acceptors (Lipinski definition) is 3. The summed E-state index contributed by atoms with van der Waals surface area (Å²) in [6.07, 6.45) is 0. The molecule has 0 aromatic heterocycles. The minimum absolute atomic E-state index is 0.0507. The van der Waals surface area contributed by atoms with Gasteiger partial charge in [-0.15, -0.1) is 0 Å². The molecule has 0 atom stereocenters. The maximum atomic E-state index is 11.8. The van der Waals surface area contributed by atoms with E-state index in [0.29, 0.717) is 25.2 Å². The molecule has 3 N–H and O–H groups in total. The van der Waals surface area contributed by atoms with Crippen molar-refractivity contribution >= 4 is 11.9 Å². The Labute approximate surface area is 161 Å². The van der Waals surface area contributed by atoms with E-state index in [9.17, 15) is 4.79 Å². The van der Waals surface area contributed by atoms with Crippen LogP contribution >= 0.6 is 0 Å². The number of nitrogens with zero attached hydrogens (tertiary/aromatic N) is 1. The first-order chi connectivity index (χ1) is 13.2. The van der Waals surface area contributed by atoms with Crippen LogP contribution in [0, 0.1) is 0 Å². The highest BCUT2D eigenvalue weighted by Gasteiger charge is 2.04. The maximum Gasteiger partial charge on any atom is 0.251 e. The van der Waals surface area contributed by atoms with Crippen LogP contribution in [0.2, 0.25) is 0 Å². The number of carbonyl (C=O) groups is 1. The van der Waals surface area contributed by atoms with E-state index in [1.807, 2.05) is 62.4 Å². The number of hydrogen-bond donors (Lipinski definition) is 3. The third-order valence-corrected chi connectivity index (χ3v) is 3.91. The van der Waals surface area contributed by atoms with Crippen LogP contribution in [0.3, 0.4) is 0 Å². The summed E-state index contributed by atoms with van der Waals surface area (Å²) in [6.45, 7) is 6.52. The molecule has 0 aliphatic carbocycles. The van der Waals surface area contributed by atoms with Gasteiger partial charge < -0.3 is 20.7 Å². The van der Waals surface area contributed by atoms with Crippen molar-refractivity contribution in [3.63, 3.8) is 0 Å². The van der Waals surface area contributed by atoms with Gasteiger partial charge in [0.05, 0.1) is 13.7 Å². The highest BCUT2D eigenvalue weighted by atomic mass is 16.5. The molecule has 6 nitrogen and oxygen atoms in total. The van der Waals surface area contributed by atoms with E-state index in [1.165, 1.54) is 0 Å². The molecule has 2 rings (SSSR count). The fourth-order valence-electron chi connectivity index (χ4n) is 2.51. The molecule has 2 aromatic rings. The summed E-state index contributed by atoms with van der Waals surface area (Å²) in [4.78, 5) is 16.4. The van der Waals surface area contributed by atoms with Crippen LogP contribution in [0.25, 0.3) is 0 Å². The molecule has 0 radical (unpaired) electrons. The molecule has 0 saturated carbocycles. The molecule has 2 aromatic carbocycles. The molecular weight excluding hydrogens is 340 g/mol. The van der Waals surface area contributed by atoms with Crippen molar-refractivity contribution in [1.82, 2.24) is 16.0 Å². The first-order valence-electron chi connectivity index (χ1n) is 9.18. The average Bonchev–Trinajstić information content (AvgIpc) is 2.70. The van der Waals surface area contributed by atoms with Gasteiger partial charge in [-0.25, -0.2) is 4.99 Å². The summed E-state index contributed by atoms with van der Waals surface area (Å²) in [5, 5.41) is 9.35. The Kier molecular flexibility index (Phi) is 8.16. The SMILES string of the molecule is CCNC(=O)c1ccc(CNC(=NCc2cccc(OC)c2)NCC)cc1. The molecule has 0 aliphatic rings. The quantitative estimate of drug-likeness (QED) is 0.495. The summed E-state index contributed by atoms with van der Waals surface area (Å²) >= 11 is 0. The van der Waals surface area contributed by atoms with Gasteiger partial charge in [-0.2, -0.15) is 0 Å². The van der Waals surface area contributed by atoms with Crippen molar-refractivity contribution in [2.24, 2.45) is 4.99 Å². The molecule has 0 aliphatic heterocycles. The van der Waals surface area contributed by atoms with Crippen molar-refractivity contribution < 1.29 is 9.53 Å². The van der Waals surface area contributed by atoms with E-state index in [2.05, 4.69) is 20.9 Å². The third kappa shape index (κ3) is 6.66. The second-order valence-electron chi connectivity index (χ2n) is 5.96. The number of nitrogens with one attached hydrogen (secondary N) is 3. The topological polar surface area (TPSA) is 74.8 Å². The van der Waals surface area contributed by atoms with Crippen molar-refractivity contribution in [3.8, 4) is 5.75 Å². The van der Waals surface area contributed by atoms with Crippen molar-refractivity contribution in [2.75, 3.05) is 20.2 Å². The highest BCUT2D eigenvalue weighted by molar-refractivity contribution is 5.94. The predicted octanol–water partition coefficient (Wildman–Crippen LogP) is 2.70. The second kappa shape index (κ2) is 10.9. The molecule has 6 heteroatoms. The Bertz CT molecular complexity index is 757. The Balaban J connectivity index is 1.96. The summed E-state index contributed by atoms with van der Waals surface area (Å²) in [6, 6.07) is 15.4. The second-order valence-corrected chi connectivity index (χ2v) is 5.96. The van der Waals surface area contributed by atoms with Crippen molar-refractivity contribution in [3.05, 3.63) is 65.2 Å². The van der Waals surface area contributed by atoms with Crippen LogP contribution in [0.4, 0.5) is 0 Å². The lowest BCUT2D eigenvalue weighted by molar-refractivity contribution is 0.0956. The zero-order valence-corrected chi connectivity index (χ0v) is 16.2. The number of aliphatic imine (C=N–C) groups is 1. The van der Waals surface area contributed by atoms with Crippen LogP contribution in [0.1, 0.15) is 35.3 Å². The van der Waals surface area contributed by atoms with Crippen LogP contribution in [-0.4, -0.2) is 32.1 Å². The number of rotatable bonds is 8. The lowest BCUT2D eigenvalue weighted by Crippen LogP contribution is -2.36. The average molecular weight is 368 g/mol. The summed E-state index contributed by atoms with van der Waals surface area (Å²) in [5.74, 6) is 1.52. The molecule has 0 spiro atoms. The summed E-state index contributed by atoms with van der Waals surface area (Å²) in [5.41, 5.74) is 2.83. The van der Waals surface area contributed by atoms with Gasteiger partial charge in [0.1, 0.15) is 5.75 Å². The fourth-order valence-corrected chi connectivity index (χ4v) is 2.51. The largest absolute Gasteiger partial charge is 0.497 e. The Morgan fingerprint density at radius 2 is 1.70 bits per heavy atom. The summed E-state index contributed by atoms with van der Waals surface area (Å²) < 4.78 is 5.25.